The third-order valence-electron chi connectivity index (χ3n) is 3.13. The summed E-state index contributed by atoms with van der Waals surface area (Å²) in [5, 5.41) is 0.930. The number of hydrogen-bond donors (Lipinski definition) is 1. The van der Waals surface area contributed by atoms with Crippen molar-refractivity contribution in [2.24, 2.45) is 0 Å². The number of alkyl halides is 3. The SMILES string of the molecule is Cc1[nH]c2ncccc2c1-c1ccc(OC(F)(F)F)cc1. The number of pyridine rings is 1. The molecule has 0 radical (unpaired) electrons. The van der Waals surface area contributed by atoms with Gasteiger partial charge in [0.15, 0.2) is 0 Å². The summed E-state index contributed by atoms with van der Waals surface area (Å²) in [6.07, 6.45) is -3.00. The highest BCUT2D eigenvalue weighted by Gasteiger charge is 2.31. The van der Waals surface area contributed by atoms with Gasteiger partial charge in [0.25, 0.3) is 0 Å². The Labute approximate surface area is 118 Å². The fourth-order valence-electron chi connectivity index (χ4n) is 2.34. The molecule has 1 aromatic carbocycles. The Kier molecular flexibility index (Phi) is 3.08. The van der Waals surface area contributed by atoms with Crippen molar-refractivity contribution in [2.45, 2.75) is 13.3 Å². The lowest BCUT2D eigenvalue weighted by atomic mass is 10.0. The van der Waals surface area contributed by atoms with Gasteiger partial charge in [0, 0.05) is 22.8 Å². The standard InChI is InChI=1S/C15H11F3N2O/c1-9-13(12-3-2-8-19-14(12)20-9)10-4-6-11(7-5-10)21-15(16,17)18/h2-8H,1H3,(H,19,20). The summed E-state index contributed by atoms with van der Waals surface area (Å²) in [5.74, 6) is -0.234. The van der Waals surface area contributed by atoms with Crippen LogP contribution < -0.4 is 4.74 Å². The molecule has 0 spiro atoms. The van der Waals surface area contributed by atoms with Gasteiger partial charge in [-0.15, -0.1) is 13.2 Å². The number of benzene rings is 1. The molecule has 0 aliphatic rings. The van der Waals surface area contributed by atoms with Gasteiger partial charge in [-0.05, 0) is 36.8 Å². The summed E-state index contributed by atoms with van der Waals surface area (Å²) < 4.78 is 40.3. The van der Waals surface area contributed by atoms with E-state index in [2.05, 4.69) is 14.7 Å². The number of rotatable bonds is 2. The number of nitrogens with one attached hydrogen (secondary N) is 1. The molecule has 3 nitrogen and oxygen atoms in total. The minimum atomic E-state index is -4.68. The molecule has 2 aromatic heterocycles. The first-order valence-electron chi connectivity index (χ1n) is 6.23. The number of halogens is 3. The Balaban J connectivity index is 2.01. The van der Waals surface area contributed by atoms with Crippen molar-refractivity contribution in [3.8, 4) is 16.9 Å². The number of hydrogen-bond acceptors (Lipinski definition) is 2. The summed E-state index contributed by atoms with van der Waals surface area (Å²) in [6, 6.07) is 9.55. The lowest BCUT2D eigenvalue weighted by molar-refractivity contribution is -0.274. The Morgan fingerprint density at radius 1 is 1.10 bits per heavy atom. The van der Waals surface area contributed by atoms with Gasteiger partial charge in [-0.1, -0.05) is 12.1 Å². The predicted octanol–water partition coefficient (Wildman–Crippen LogP) is 4.44. The Hall–Kier alpha value is -2.50. The van der Waals surface area contributed by atoms with Crippen molar-refractivity contribution >= 4 is 11.0 Å². The highest BCUT2D eigenvalue weighted by molar-refractivity contribution is 5.95. The van der Waals surface area contributed by atoms with Crippen molar-refractivity contribution in [2.75, 3.05) is 0 Å². The molecular weight excluding hydrogens is 281 g/mol. The highest BCUT2D eigenvalue weighted by atomic mass is 19.4. The summed E-state index contributed by atoms with van der Waals surface area (Å²) in [7, 11) is 0. The third kappa shape index (κ3) is 2.69. The monoisotopic (exact) mass is 292 g/mol. The average molecular weight is 292 g/mol. The van der Waals surface area contributed by atoms with Crippen molar-refractivity contribution in [1.29, 1.82) is 0 Å². The Bertz CT molecular complexity index is 776. The first-order valence-corrected chi connectivity index (χ1v) is 6.23. The second-order valence-corrected chi connectivity index (χ2v) is 4.60. The van der Waals surface area contributed by atoms with Crippen LogP contribution in [0.2, 0.25) is 0 Å². The zero-order chi connectivity index (χ0) is 15.0. The van der Waals surface area contributed by atoms with Gasteiger partial charge in [-0.25, -0.2) is 4.98 Å². The molecule has 0 atom stereocenters. The largest absolute Gasteiger partial charge is 0.573 e. The van der Waals surface area contributed by atoms with E-state index in [1.165, 1.54) is 12.1 Å². The highest BCUT2D eigenvalue weighted by Crippen LogP contribution is 2.32. The molecule has 0 saturated heterocycles. The molecule has 2 heterocycles. The van der Waals surface area contributed by atoms with E-state index >= 15 is 0 Å². The van der Waals surface area contributed by atoms with Crippen LogP contribution in [0.1, 0.15) is 5.69 Å². The molecule has 0 aliphatic carbocycles. The number of aromatic nitrogens is 2. The van der Waals surface area contributed by atoms with Crippen LogP contribution in [-0.4, -0.2) is 16.3 Å². The molecule has 0 fully saturated rings. The number of ether oxygens (including phenoxy) is 1. The summed E-state index contributed by atoms with van der Waals surface area (Å²) in [5.41, 5.74) is 3.40. The van der Waals surface area contributed by atoms with Gasteiger partial charge in [0.05, 0.1) is 0 Å². The van der Waals surface area contributed by atoms with Crippen molar-refractivity contribution in [3.63, 3.8) is 0 Å². The molecule has 0 amide bonds. The predicted molar refractivity (Wildman–Crippen MR) is 72.9 cm³/mol. The molecule has 0 unspecified atom stereocenters. The molecule has 21 heavy (non-hydrogen) atoms. The van der Waals surface area contributed by atoms with E-state index in [9.17, 15) is 13.2 Å². The summed E-state index contributed by atoms with van der Waals surface area (Å²) in [6.45, 7) is 1.90. The van der Waals surface area contributed by atoms with Crippen LogP contribution in [0.4, 0.5) is 13.2 Å². The third-order valence-corrected chi connectivity index (χ3v) is 3.13. The van der Waals surface area contributed by atoms with Gasteiger partial charge in [-0.3, -0.25) is 0 Å². The second kappa shape index (κ2) is 4.80. The quantitative estimate of drug-likeness (QED) is 0.758. The van der Waals surface area contributed by atoms with Gasteiger partial charge >= 0.3 is 6.36 Å². The summed E-state index contributed by atoms with van der Waals surface area (Å²) >= 11 is 0. The van der Waals surface area contributed by atoms with Crippen LogP contribution in [0, 0.1) is 6.92 Å². The zero-order valence-corrected chi connectivity index (χ0v) is 11.0. The van der Waals surface area contributed by atoms with Crippen LogP contribution in [0.3, 0.4) is 0 Å². The van der Waals surface area contributed by atoms with Gasteiger partial charge < -0.3 is 9.72 Å². The van der Waals surface area contributed by atoms with E-state index < -0.39 is 6.36 Å². The molecular formula is C15H11F3N2O. The molecule has 6 heteroatoms. The minimum absolute atomic E-state index is 0.234. The van der Waals surface area contributed by atoms with Crippen LogP contribution in [0.25, 0.3) is 22.2 Å². The molecule has 1 N–H and O–H groups in total. The maximum atomic E-state index is 12.2. The first kappa shape index (κ1) is 13.5. The van der Waals surface area contributed by atoms with Gasteiger partial charge in [0.2, 0.25) is 0 Å². The molecule has 108 valence electrons. The maximum Gasteiger partial charge on any atom is 0.573 e. The minimum Gasteiger partial charge on any atom is -0.406 e. The fourth-order valence-corrected chi connectivity index (χ4v) is 2.34. The van der Waals surface area contributed by atoms with E-state index in [4.69, 9.17) is 0 Å². The number of aryl methyl sites for hydroxylation is 1. The van der Waals surface area contributed by atoms with Crippen LogP contribution >= 0.6 is 0 Å². The normalized spacial score (nSPS) is 11.8. The van der Waals surface area contributed by atoms with Crippen molar-refractivity contribution < 1.29 is 17.9 Å². The number of aromatic amines is 1. The molecule has 0 saturated carbocycles. The van der Waals surface area contributed by atoms with E-state index in [0.29, 0.717) is 0 Å². The fraction of sp³-hybridized carbons (Fsp3) is 0.133. The second-order valence-electron chi connectivity index (χ2n) is 4.60. The van der Waals surface area contributed by atoms with E-state index in [-0.39, 0.29) is 5.75 Å². The topological polar surface area (TPSA) is 37.9 Å². The van der Waals surface area contributed by atoms with Crippen LogP contribution in [0.5, 0.6) is 5.75 Å². The zero-order valence-electron chi connectivity index (χ0n) is 11.0. The van der Waals surface area contributed by atoms with E-state index in [1.54, 1.807) is 18.3 Å². The smallest absolute Gasteiger partial charge is 0.406 e. The van der Waals surface area contributed by atoms with Gasteiger partial charge in [0.1, 0.15) is 11.4 Å². The van der Waals surface area contributed by atoms with Crippen LogP contribution in [0.15, 0.2) is 42.6 Å². The van der Waals surface area contributed by atoms with Crippen LogP contribution in [-0.2, 0) is 0 Å². The van der Waals surface area contributed by atoms with Gasteiger partial charge in [-0.2, -0.15) is 0 Å². The molecule has 3 rings (SSSR count). The Morgan fingerprint density at radius 3 is 2.48 bits per heavy atom. The molecule has 0 bridgehead atoms. The van der Waals surface area contributed by atoms with E-state index in [0.717, 1.165) is 27.9 Å². The Morgan fingerprint density at radius 2 is 1.81 bits per heavy atom. The molecule has 0 aliphatic heterocycles. The van der Waals surface area contributed by atoms with Crippen molar-refractivity contribution in [3.05, 3.63) is 48.3 Å². The number of fused-ring (bicyclic) bond motifs is 1. The lowest BCUT2D eigenvalue weighted by Crippen LogP contribution is -2.16. The first-order chi connectivity index (χ1) is 9.94. The number of H-pyrrole nitrogens is 1. The molecule has 3 aromatic rings. The summed E-state index contributed by atoms with van der Waals surface area (Å²) in [4.78, 5) is 7.38. The lowest BCUT2D eigenvalue weighted by Gasteiger charge is -2.09. The average Bonchev–Trinajstić information content (AvgIpc) is 2.74. The van der Waals surface area contributed by atoms with Crippen molar-refractivity contribution in [1.82, 2.24) is 9.97 Å². The number of nitrogens with zero attached hydrogens (tertiary/aromatic N) is 1. The van der Waals surface area contributed by atoms with E-state index in [1.807, 2.05) is 19.1 Å². The maximum absolute atomic E-state index is 12.2.